The Hall–Kier alpha value is -0.830. The molecule has 78 valence electrons. The van der Waals surface area contributed by atoms with Crippen molar-refractivity contribution in [3.8, 4) is 0 Å². The molecule has 0 bridgehead atoms. The Morgan fingerprint density at radius 1 is 1.57 bits per heavy atom. The van der Waals surface area contributed by atoms with Crippen LogP contribution in [0.4, 0.5) is 0 Å². The maximum absolute atomic E-state index is 5.77. The van der Waals surface area contributed by atoms with Gasteiger partial charge in [0.2, 0.25) is 0 Å². The number of rotatable bonds is 2. The molecule has 1 saturated carbocycles. The van der Waals surface area contributed by atoms with E-state index in [2.05, 4.69) is 25.9 Å². The lowest BCUT2D eigenvalue weighted by atomic mass is 10.0. The predicted molar refractivity (Wildman–Crippen MR) is 57.0 cm³/mol. The standard InChI is InChI=1S/C11H19N3/c1-7-8(6-13-14(7)4)10-9(5-12)11(10,2)3/h6,9-10H,5,12H2,1-4H3. The highest BCUT2D eigenvalue weighted by Gasteiger charge is 2.58. The van der Waals surface area contributed by atoms with Crippen molar-refractivity contribution in [2.75, 3.05) is 6.54 Å². The van der Waals surface area contributed by atoms with E-state index in [0.29, 0.717) is 17.3 Å². The summed E-state index contributed by atoms with van der Waals surface area (Å²) < 4.78 is 1.94. The highest BCUT2D eigenvalue weighted by atomic mass is 15.3. The Kier molecular flexibility index (Phi) is 1.96. The quantitative estimate of drug-likeness (QED) is 0.772. The van der Waals surface area contributed by atoms with E-state index in [1.165, 1.54) is 11.3 Å². The topological polar surface area (TPSA) is 43.8 Å². The fourth-order valence-corrected chi connectivity index (χ4v) is 2.62. The van der Waals surface area contributed by atoms with Crippen LogP contribution in [-0.2, 0) is 7.05 Å². The van der Waals surface area contributed by atoms with E-state index in [9.17, 15) is 0 Å². The van der Waals surface area contributed by atoms with E-state index in [-0.39, 0.29) is 0 Å². The zero-order valence-electron chi connectivity index (χ0n) is 9.41. The van der Waals surface area contributed by atoms with Gasteiger partial charge in [-0.1, -0.05) is 13.8 Å². The fourth-order valence-electron chi connectivity index (χ4n) is 2.62. The summed E-state index contributed by atoms with van der Waals surface area (Å²) in [6.07, 6.45) is 2.00. The molecule has 1 aromatic rings. The van der Waals surface area contributed by atoms with Gasteiger partial charge in [-0.05, 0) is 36.3 Å². The number of nitrogens with zero attached hydrogens (tertiary/aromatic N) is 2. The molecule has 1 aromatic heterocycles. The maximum atomic E-state index is 5.77. The predicted octanol–water partition coefficient (Wildman–Crippen LogP) is 1.43. The van der Waals surface area contributed by atoms with E-state index in [4.69, 9.17) is 5.73 Å². The first-order chi connectivity index (χ1) is 6.50. The Morgan fingerprint density at radius 2 is 2.21 bits per heavy atom. The van der Waals surface area contributed by atoms with Gasteiger partial charge in [-0.3, -0.25) is 4.68 Å². The number of hydrogen-bond donors (Lipinski definition) is 1. The molecule has 0 aliphatic heterocycles. The molecule has 14 heavy (non-hydrogen) atoms. The van der Waals surface area contributed by atoms with Gasteiger partial charge in [-0.2, -0.15) is 5.10 Å². The van der Waals surface area contributed by atoms with E-state index in [1.54, 1.807) is 0 Å². The summed E-state index contributed by atoms with van der Waals surface area (Å²) in [7, 11) is 1.99. The zero-order chi connectivity index (χ0) is 10.5. The second-order valence-corrected chi connectivity index (χ2v) is 4.95. The molecule has 2 unspecified atom stereocenters. The van der Waals surface area contributed by atoms with Gasteiger partial charge in [0.25, 0.3) is 0 Å². The molecule has 1 fully saturated rings. The van der Waals surface area contributed by atoms with Crippen LogP contribution in [0.2, 0.25) is 0 Å². The van der Waals surface area contributed by atoms with E-state index in [0.717, 1.165) is 6.54 Å². The summed E-state index contributed by atoms with van der Waals surface area (Å²) in [6.45, 7) is 7.50. The molecule has 1 aliphatic carbocycles. The van der Waals surface area contributed by atoms with Gasteiger partial charge in [-0.25, -0.2) is 0 Å². The van der Waals surface area contributed by atoms with Crippen molar-refractivity contribution in [3.05, 3.63) is 17.5 Å². The van der Waals surface area contributed by atoms with Crippen LogP contribution in [0.25, 0.3) is 0 Å². The van der Waals surface area contributed by atoms with Gasteiger partial charge >= 0.3 is 0 Å². The van der Waals surface area contributed by atoms with Crippen molar-refractivity contribution >= 4 is 0 Å². The molecule has 2 rings (SSSR count). The lowest BCUT2D eigenvalue weighted by Gasteiger charge is -2.01. The zero-order valence-corrected chi connectivity index (χ0v) is 9.41. The molecule has 0 radical (unpaired) electrons. The lowest BCUT2D eigenvalue weighted by molar-refractivity contribution is 0.558. The molecular weight excluding hydrogens is 174 g/mol. The molecule has 1 heterocycles. The number of aryl methyl sites for hydroxylation is 1. The van der Waals surface area contributed by atoms with Crippen molar-refractivity contribution in [1.29, 1.82) is 0 Å². The monoisotopic (exact) mass is 193 g/mol. The first-order valence-electron chi connectivity index (χ1n) is 5.18. The minimum Gasteiger partial charge on any atom is -0.330 e. The molecule has 0 amide bonds. The van der Waals surface area contributed by atoms with Gasteiger partial charge in [0.1, 0.15) is 0 Å². The fraction of sp³-hybridized carbons (Fsp3) is 0.727. The third-order valence-corrected chi connectivity index (χ3v) is 3.91. The van der Waals surface area contributed by atoms with Crippen LogP contribution in [0.15, 0.2) is 6.20 Å². The van der Waals surface area contributed by atoms with Gasteiger partial charge in [0.15, 0.2) is 0 Å². The van der Waals surface area contributed by atoms with Crippen LogP contribution in [-0.4, -0.2) is 16.3 Å². The molecule has 0 spiro atoms. The smallest absolute Gasteiger partial charge is 0.0527 e. The summed E-state index contributed by atoms with van der Waals surface area (Å²) in [5.74, 6) is 1.24. The molecule has 3 heteroatoms. The second kappa shape index (κ2) is 2.83. The van der Waals surface area contributed by atoms with Gasteiger partial charge in [0.05, 0.1) is 6.20 Å². The minimum absolute atomic E-state index is 0.364. The SMILES string of the molecule is Cc1c(C2C(CN)C2(C)C)cnn1C. The van der Waals surface area contributed by atoms with Crippen LogP contribution in [0, 0.1) is 18.3 Å². The van der Waals surface area contributed by atoms with E-state index in [1.807, 2.05) is 17.9 Å². The van der Waals surface area contributed by atoms with Crippen molar-refractivity contribution in [3.63, 3.8) is 0 Å². The van der Waals surface area contributed by atoms with Crippen molar-refractivity contribution < 1.29 is 0 Å². The summed E-state index contributed by atoms with van der Waals surface area (Å²) in [5, 5.41) is 4.29. The van der Waals surface area contributed by atoms with Crippen molar-refractivity contribution in [1.82, 2.24) is 9.78 Å². The van der Waals surface area contributed by atoms with Crippen molar-refractivity contribution in [2.24, 2.45) is 24.1 Å². The average Bonchev–Trinajstić information content (AvgIpc) is 2.52. The average molecular weight is 193 g/mol. The lowest BCUT2D eigenvalue weighted by Crippen LogP contribution is -2.05. The third kappa shape index (κ3) is 1.12. The number of aromatic nitrogens is 2. The normalized spacial score (nSPS) is 29.2. The maximum Gasteiger partial charge on any atom is 0.0527 e. The number of nitrogens with two attached hydrogens (primary N) is 1. The molecule has 0 aromatic carbocycles. The Bertz CT molecular complexity index is 351. The summed E-state index contributed by atoms with van der Waals surface area (Å²) in [6, 6.07) is 0. The van der Waals surface area contributed by atoms with E-state index >= 15 is 0 Å². The van der Waals surface area contributed by atoms with Gasteiger partial charge < -0.3 is 5.73 Å². The Balaban J connectivity index is 2.31. The molecule has 2 N–H and O–H groups in total. The molecule has 2 atom stereocenters. The summed E-state index contributed by atoms with van der Waals surface area (Å²) in [4.78, 5) is 0. The Labute approximate surface area is 85.3 Å². The summed E-state index contributed by atoms with van der Waals surface area (Å²) in [5.41, 5.74) is 8.79. The minimum atomic E-state index is 0.364. The van der Waals surface area contributed by atoms with Crippen LogP contribution >= 0.6 is 0 Å². The van der Waals surface area contributed by atoms with Crippen LogP contribution < -0.4 is 5.73 Å². The highest BCUT2D eigenvalue weighted by molar-refractivity contribution is 5.33. The first-order valence-corrected chi connectivity index (χ1v) is 5.18. The molecular formula is C11H19N3. The third-order valence-electron chi connectivity index (χ3n) is 3.91. The summed E-state index contributed by atoms with van der Waals surface area (Å²) >= 11 is 0. The van der Waals surface area contributed by atoms with Crippen LogP contribution in [0.1, 0.15) is 31.0 Å². The van der Waals surface area contributed by atoms with E-state index < -0.39 is 0 Å². The number of hydrogen-bond acceptors (Lipinski definition) is 2. The van der Waals surface area contributed by atoms with Gasteiger partial charge in [-0.15, -0.1) is 0 Å². The second-order valence-electron chi connectivity index (χ2n) is 4.95. The van der Waals surface area contributed by atoms with Crippen molar-refractivity contribution in [2.45, 2.75) is 26.7 Å². The molecule has 0 saturated heterocycles. The first kappa shape index (κ1) is 9.71. The largest absolute Gasteiger partial charge is 0.330 e. The van der Waals surface area contributed by atoms with Gasteiger partial charge in [0, 0.05) is 12.7 Å². The Morgan fingerprint density at radius 3 is 2.57 bits per heavy atom. The highest BCUT2D eigenvalue weighted by Crippen LogP contribution is 2.64. The van der Waals surface area contributed by atoms with Crippen LogP contribution in [0.5, 0.6) is 0 Å². The van der Waals surface area contributed by atoms with Crippen LogP contribution in [0.3, 0.4) is 0 Å². The molecule has 3 nitrogen and oxygen atoms in total. The molecule has 1 aliphatic rings.